The third-order valence-electron chi connectivity index (χ3n) is 2.58. The van der Waals surface area contributed by atoms with Gasteiger partial charge in [-0.1, -0.05) is 6.92 Å². The Morgan fingerprint density at radius 3 is 2.67 bits per heavy atom. The second kappa shape index (κ2) is 4.49. The SMILES string of the molecule is CCC(C)(CO)Nc1ccc(F)cc1N. The van der Waals surface area contributed by atoms with Crippen LogP contribution in [0.4, 0.5) is 15.8 Å². The molecule has 0 saturated carbocycles. The maximum atomic E-state index is 12.8. The van der Waals surface area contributed by atoms with Crippen LogP contribution in [-0.2, 0) is 0 Å². The molecule has 4 N–H and O–H groups in total. The number of benzene rings is 1. The Bertz CT molecular complexity index is 337. The van der Waals surface area contributed by atoms with Gasteiger partial charge < -0.3 is 16.2 Å². The third kappa shape index (κ3) is 2.83. The van der Waals surface area contributed by atoms with Gasteiger partial charge in [0.05, 0.1) is 23.5 Å². The van der Waals surface area contributed by atoms with Gasteiger partial charge in [-0.3, -0.25) is 0 Å². The van der Waals surface area contributed by atoms with Gasteiger partial charge >= 0.3 is 0 Å². The van der Waals surface area contributed by atoms with E-state index in [4.69, 9.17) is 5.73 Å². The van der Waals surface area contributed by atoms with E-state index in [9.17, 15) is 9.50 Å². The number of aliphatic hydroxyl groups is 1. The fourth-order valence-corrected chi connectivity index (χ4v) is 1.21. The number of anilines is 2. The molecule has 1 aromatic carbocycles. The normalized spacial score (nSPS) is 14.7. The number of nitrogens with two attached hydrogens (primary N) is 1. The average Bonchev–Trinajstić information content (AvgIpc) is 2.22. The Hall–Kier alpha value is -1.29. The lowest BCUT2D eigenvalue weighted by Gasteiger charge is -2.29. The Labute approximate surface area is 89.1 Å². The molecule has 3 nitrogen and oxygen atoms in total. The predicted octanol–water partition coefficient (Wildman–Crippen LogP) is 1.98. The van der Waals surface area contributed by atoms with Crippen LogP contribution in [0.5, 0.6) is 0 Å². The van der Waals surface area contributed by atoms with E-state index >= 15 is 0 Å². The summed E-state index contributed by atoms with van der Waals surface area (Å²) in [6, 6.07) is 4.18. The summed E-state index contributed by atoms with van der Waals surface area (Å²) in [5.41, 5.74) is 6.23. The van der Waals surface area contributed by atoms with Crippen LogP contribution < -0.4 is 11.1 Å². The van der Waals surface area contributed by atoms with Crippen molar-refractivity contribution < 1.29 is 9.50 Å². The summed E-state index contributed by atoms with van der Waals surface area (Å²) in [6.45, 7) is 3.85. The minimum absolute atomic E-state index is 0.000314. The minimum Gasteiger partial charge on any atom is -0.397 e. The molecule has 0 spiro atoms. The third-order valence-corrected chi connectivity index (χ3v) is 2.58. The number of nitrogen functional groups attached to an aromatic ring is 1. The molecule has 1 unspecified atom stereocenters. The maximum absolute atomic E-state index is 12.8. The summed E-state index contributed by atoms with van der Waals surface area (Å²) in [6.07, 6.45) is 0.750. The molecule has 1 aromatic rings. The smallest absolute Gasteiger partial charge is 0.125 e. The highest BCUT2D eigenvalue weighted by Gasteiger charge is 2.21. The molecule has 0 aromatic heterocycles. The molecule has 4 heteroatoms. The van der Waals surface area contributed by atoms with Crippen molar-refractivity contribution in [3.63, 3.8) is 0 Å². The first-order valence-electron chi connectivity index (χ1n) is 4.95. The van der Waals surface area contributed by atoms with Crippen molar-refractivity contribution in [2.24, 2.45) is 0 Å². The molecule has 0 saturated heterocycles. The second-order valence-corrected chi connectivity index (χ2v) is 3.93. The van der Waals surface area contributed by atoms with Gasteiger partial charge in [0.15, 0.2) is 0 Å². The summed E-state index contributed by atoms with van der Waals surface area (Å²) >= 11 is 0. The molecule has 0 aliphatic rings. The highest BCUT2D eigenvalue weighted by molar-refractivity contribution is 5.66. The van der Waals surface area contributed by atoms with Crippen LogP contribution in [0.2, 0.25) is 0 Å². The first-order chi connectivity index (χ1) is 7.00. The van der Waals surface area contributed by atoms with E-state index in [1.807, 2.05) is 13.8 Å². The van der Waals surface area contributed by atoms with Crippen LogP contribution in [0.15, 0.2) is 18.2 Å². The number of rotatable bonds is 4. The van der Waals surface area contributed by atoms with E-state index in [-0.39, 0.29) is 12.4 Å². The van der Waals surface area contributed by atoms with Gasteiger partial charge in [-0.15, -0.1) is 0 Å². The lowest BCUT2D eigenvalue weighted by atomic mass is 9.99. The number of halogens is 1. The van der Waals surface area contributed by atoms with Gasteiger partial charge in [-0.05, 0) is 31.5 Å². The molecule has 0 fully saturated rings. The standard InChI is InChI=1S/C11H17FN2O/c1-3-11(2,7-15)14-10-5-4-8(12)6-9(10)13/h4-6,14-15H,3,7,13H2,1-2H3. The first kappa shape index (κ1) is 11.8. The number of aliphatic hydroxyl groups excluding tert-OH is 1. The van der Waals surface area contributed by atoms with Crippen LogP contribution >= 0.6 is 0 Å². The molecule has 0 bridgehead atoms. The van der Waals surface area contributed by atoms with Crippen LogP contribution in [-0.4, -0.2) is 17.3 Å². The van der Waals surface area contributed by atoms with Crippen LogP contribution in [0.25, 0.3) is 0 Å². The van der Waals surface area contributed by atoms with Crippen molar-refractivity contribution >= 4 is 11.4 Å². The highest BCUT2D eigenvalue weighted by atomic mass is 19.1. The van der Waals surface area contributed by atoms with Crippen molar-refractivity contribution in [1.29, 1.82) is 0 Å². The summed E-state index contributed by atoms with van der Waals surface area (Å²) < 4.78 is 12.8. The zero-order valence-corrected chi connectivity index (χ0v) is 9.05. The Morgan fingerprint density at radius 1 is 1.53 bits per heavy atom. The quantitative estimate of drug-likeness (QED) is 0.669. The number of nitrogens with one attached hydrogen (secondary N) is 1. The lowest BCUT2D eigenvalue weighted by Crippen LogP contribution is -2.38. The molecule has 0 aliphatic heterocycles. The van der Waals surface area contributed by atoms with Gasteiger partial charge in [0.1, 0.15) is 5.82 Å². The molecule has 1 rings (SSSR count). The van der Waals surface area contributed by atoms with E-state index in [0.717, 1.165) is 6.42 Å². The molecule has 0 heterocycles. The van der Waals surface area contributed by atoms with Crippen LogP contribution in [0, 0.1) is 5.82 Å². The fraction of sp³-hybridized carbons (Fsp3) is 0.455. The molecule has 15 heavy (non-hydrogen) atoms. The van der Waals surface area contributed by atoms with Crippen molar-refractivity contribution in [2.75, 3.05) is 17.7 Å². The number of hydrogen-bond acceptors (Lipinski definition) is 3. The summed E-state index contributed by atoms with van der Waals surface area (Å²) in [4.78, 5) is 0. The number of hydrogen-bond donors (Lipinski definition) is 3. The van der Waals surface area contributed by atoms with Gasteiger partial charge in [0.25, 0.3) is 0 Å². The second-order valence-electron chi connectivity index (χ2n) is 3.93. The molecular weight excluding hydrogens is 195 g/mol. The first-order valence-corrected chi connectivity index (χ1v) is 4.95. The van der Waals surface area contributed by atoms with Crippen molar-refractivity contribution in [1.82, 2.24) is 0 Å². The van der Waals surface area contributed by atoms with Crippen molar-refractivity contribution in [2.45, 2.75) is 25.8 Å². The monoisotopic (exact) mass is 212 g/mol. The maximum Gasteiger partial charge on any atom is 0.125 e. The summed E-state index contributed by atoms with van der Waals surface area (Å²) in [5, 5.41) is 12.3. The highest BCUT2D eigenvalue weighted by Crippen LogP contribution is 2.24. The van der Waals surface area contributed by atoms with Gasteiger partial charge in [0.2, 0.25) is 0 Å². The van der Waals surface area contributed by atoms with E-state index in [0.29, 0.717) is 11.4 Å². The van der Waals surface area contributed by atoms with Crippen LogP contribution in [0.3, 0.4) is 0 Å². The Balaban J connectivity index is 2.89. The summed E-state index contributed by atoms with van der Waals surface area (Å²) in [7, 11) is 0. The molecule has 1 atom stereocenters. The van der Waals surface area contributed by atoms with Gasteiger partial charge in [-0.2, -0.15) is 0 Å². The topological polar surface area (TPSA) is 58.3 Å². The predicted molar refractivity (Wildman–Crippen MR) is 60.2 cm³/mol. The van der Waals surface area contributed by atoms with E-state index in [1.54, 1.807) is 6.07 Å². The summed E-state index contributed by atoms with van der Waals surface area (Å²) in [5.74, 6) is -0.361. The minimum atomic E-state index is -0.425. The fourth-order valence-electron chi connectivity index (χ4n) is 1.21. The largest absolute Gasteiger partial charge is 0.397 e. The molecule has 0 radical (unpaired) electrons. The Kier molecular flexibility index (Phi) is 3.52. The molecular formula is C11H17FN2O. The molecule has 84 valence electrons. The lowest BCUT2D eigenvalue weighted by molar-refractivity contribution is 0.219. The van der Waals surface area contributed by atoms with E-state index in [2.05, 4.69) is 5.32 Å². The molecule has 0 amide bonds. The van der Waals surface area contributed by atoms with Crippen molar-refractivity contribution in [3.05, 3.63) is 24.0 Å². The van der Waals surface area contributed by atoms with E-state index < -0.39 is 5.54 Å². The zero-order valence-electron chi connectivity index (χ0n) is 9.05. The van der Waals surface area contributed by atoms with Crippen LogP contribution in [0.1, 0.15) is 20.3 Å². The Morgan fingerprint density at radius 2 is 2.20 bits per heavy atom. The van der Waals surface area contributed by atoms with Gasteiger partial charge in [-0.25, -0.2) is 4.39 Å². The average molecular weight is 212 g/mol. The van der Waals surface area contributed by atoms with Crippen molar-refractivity contribution in [3.8, 4) is 0 Å². The zero-order chi connectivity index (χ0) is 11.5. The van der Waals surface area contributed by atoms with E-state index in [1.165, 1.54) is 12.1 Å². The van der Waals surface area contributed by atoms with Gasteiger partial charge in [0, 0.05) is 0 Å². The molecule has 0 aliphatic carbocycles.